The van der Waals surface area contributed by atoms with Crippen LogP contribution in [0.5, 0.6) is 0 Å². The van der Waals surface area contributed by atoms with Gasteiger partial charge in [0.2, 0.25) is 0 Å². The molecule has 0 spiro atoms. The average molecular weight is 198 g/mol. The van der Waals surface area contributed by atoms with Gasteiger partial charge < -0.3 is 9.84 Å². The van der Waals surface area contributed by atoms with Gasteiger partial charge in [0.05, 0.1) is 11.8 Å². The van der Waals surface area contributed by atoms with E-state index < -0.39 is 6.10 Å². The van der Waals surface area contributed by atoms with E-state index in [4.69, 9.17) is 4.74 Å². The van der Waals surface area contributed by atoms with E-state index in [1.807, 2.05) is 26.8 Å². The number of aliphatic hydroxyl groups is 1. The highest BCUT2D eigenvalue weighted by atomic mass is 16.5. The molecule has 0 amide bonds. The zero-order valence-electron chi connectivity index (χ0n) is 8.97. The average Bonchev–Trinajstić information content (AvgIpc) is 2.64. The second kappa shape index (κ2) is 5.12. The van der Waals surface area contributed by atoms with Gasteiger partial charge in [-0.05, 0) is 26.8 Å². The molecule has 1 N–H and O–H groups in total. The molecule has 2 atom stereocenters. The Labute approximate surface area is 84.5 Å². The first-order valence-corrected chi connectivity index (χ1v) is 5.02. The third kappa shape index (κ3) is 2.33. The summed E-state index contributed by atoms with van der Waals surface area (Å²) in [6, 6.07) is 1.82. The molecule has 0 radical (unpaired) electrons. The summed E-state index contributed by atoms with van der Waals surface area (Å²) in [6.07, 6.45) is 0.903. The summed E-state index contributed by atoms with van der Waals surface area (Å²) in [6.45, 7) is 7.15. The second-order valence-corrected chi connectivity index (χ2v) is 3.18. The monoisotopic (exact) mass is 198 g/mol. The van der Waals surface area contributed by atoms with Gasteiger partial charge >= 0.3 is 0 Å². The fourth-order valence-corrected chi connectivity index (χ4v) is 1.45. The van der Waals surface area contributed by atoms with E-state index >= 15 is 0 Å². The van der Waals surface area contributed by atoms with Crippen LogP contribution in [0.2, 0.25) is 0 Å². The van der Waals surface area contributed by atoms with E-state index in [0.29, 0.717) is 6.61 Å². The molecule has 0 aliphatic heterocycles. The summed E-state index contributed by atoms with van der Waals surface area (Å²) in [5.41, 5.74) is 0.813. The minimum absolute atomic E-state index is 0.193. The van der Waals surface area contributed by atoms with Crippen molar-refractivity contribution < 1.29 is 9.84 Å². The lowest BCUT2D eigenvalue weighted by molar-refractivity contribution is -0.0264. The smallest absolute Gasteiger partial charge is 0.121 e. The molecule has 0 saturated carbocycles. The van der Waals surface area contributed by atoms with E-state index in [1.54, 1.807) is 10.9 Å². The standard InChI is InChI=1S/C10H18N2O2/c1-4-12-9(6-7-11-12)10(13)8(3)14-5-2/h6-8,10,13H,4-5H2,1-3H3. The van der Waals surface area contributed by atoms with E-state index in [-0.39, 0.29) is 6.10 Å². The normalized spacial score (nSPS) is 15.4. The summed E-state index contributed by atoms with van der Waals surface area (Å²) < 4.78 is 7.11. The van der Waals surface area contributed by atoms with Gasteiger partial charge in [0.15, 0.2) is 0 Å². The molecule has 0 bridgehead atoms. The number of hydrogen-bond donors (Lipinski definition) is 1. The lowest BCUT2D eigenvalue weighted by Gasteiger charge is -2.19. The van der Waals surface area contributed by atoms with Crippen LogP contribution < -0.4 is 0 Å². The Morgan fingerprint density at radius 2 is 2.29 bits per heavy atom. The minimum atomic E-state index is -0.600. The van der Waals surface area contributed by atoms with E-state index in [9.17, 15) is 5.11 Å². The van der Waals surface area contributed by atoms with Crippen molar-refractivity contribution in [2.24, 2.45) is 0 Å². The first-order valence-electron chi connectivity index (χ1n) is 5.02. The van der Waals surface area contributed by atoms with Crippen LogP contribution in [-0.4, -0.2) is 27.6 Å². The topological polar surface area (TPSA) is 47.3 Å². The van der Waals surface area contributed by atoms with Crippen molar-refractivity contribution in [2.45, 2.75) is 39.5 Å². The number of aryl methyl sites for hydroxylation is 1. The molecule has 80 valence electrons. The molecule has 0 aliphatic carbocycles. The highest BCUT2D eigenvalue weighted by Gasteiger charge is 2.19. The third-order valence-corrected chi connectivity index (χ3v) is 2.23. The quantitative estimate of drug-likeness (QED) is 0.777. The molecule has 0 aliphatic rings. The fourth-order valence-electron chi connectivity index (χ4n) is 1.45. The van der Waals surface area contributed by atoms with Crippen LogP contribution in [0, 0.1) is 0 Å². The number of aliphatic hydroxyl groups excluding tert-OH is 1. The number of ether oxygens (including phenoxy) is 1. The largest absolute Gasteiger partial charge is 0.384 e. The molecule has 4 nitrogen and oxygen atoms in total. The summed E-state index contributed by atoms with van der Waals surface area (Å²) in [7, 11) is 0. The van der Waals surface area contributed by atoms with Crippen molar-refractivity contribution in [2.75, 3.05) is 6.61 Å². The number of rotatable bonds is 5. The molecule has 1 aromatic rings. The molecule has 0 aromatic carbocycles. The van der Waals surface area contributed by atoms with Crippen LogP contribution in [0.4, 0.5) is 0 Å². The maximum absolute atomic E-state index is 9.94. The zero-order valence-corrected chi connectivity index (χ0v) is 8.97. The van der Waals surface area contributed by atoms with E-state index in [2.05, 4.69) is 5.10 Å². The van der Waals surface area contributed by atoms with Crippen molar-refractivity contribution in [1.29, 1.82) is 0 Å². The number of hydrogen-bond acceptors (Lipinski definition) is 3. The highest BCUT2D eigenvalue weighted by molar-refractivity contribution is 5.05. The summed E-state index contributed by atoms with van der Waals surface area (Å²) in [5, 5.41) is 14.0. The minimum Gasteiger partial charge on any atom is -0.384 e. The Morgan fingerprint density at radius 3 is 2.86 bits per heavy atom. The predicted octanol–water partition coefficient (Wildman–Crippen LogP) is 1.36. The predicted molar refractivity (Wildman–Crippen MR) is 53.9 cm³/mol. The van der Waals surface area contributed by atoms with Gasteiger partial charge in [-0.3, -0.25) is 4.68 Å². The lowest BCUT2D eigenvalue weighted by Crippen LogP contribution is -2.21. The van der Waals surface area contributed by atoms with Gasteiger partial charge in [-0.25, -0.2) is 0 Å². The fraction of sp³-hybridized carbons (Fsp3) is 0.700. The van der Waals surface area contributed by atoms with Crippen molar-refractivity contribution >= 4 is 0 Å². The van der Waals surface area contributed by atoms with Gasteiger partial charge in [0.1, 0.15) is 6.10 Å². The molecule has 0 saturated heterocycles. The first kappa shape index (κ1) is 11.2. The van der Waals surface area contributed by atoms with Crippen LogP contribution in [0.15, 0.2) is 12.3 Å². The maximum Gasteiger partial charge on any atom is 0.121 e. The van der Waals surface area contributed by atoms with E-state index in [0.717, 1.165) is 12.2 Å². The molecule has 14 heavy (non-hydrogen) atoms. The Balaban J connectivity index is 2.72. The SMILES string of the molecule is CCOC(C)C(O)c1ccnn1CC. The van der Waals surface area contributed by atoms with Gasteiger partial charge in [-0.15, -0.1) is 0 Å². The second-order valence-electron chi connectivity index (χ2n) is 3.18. The first-order chi connectivity index (χ1) is 6.70. The third-order valence-electron chi connectivity index (χ3n) is 2.23. The van der Waals surface area contributed by atoms with Crippen LogP contribution in [-0.2, 0) is 11.3 Å². The van der Waals surface area contributed by atoms with Crippen LogP contribution in [0.1, 0.15) is 32.6 Å². The molecule has 1 rings (SSSR count). The molecular formula is C10H18N2O2. The highest BCUT2D eigenvalue weighted by Crippen LogP contribution is 2.18. The Bertz CT molecular complexity index is 273. The summed E-state index contributed by atoms with van der Waals surface area (Å²) in [4.78, 5) is 0. The Kier molecular flexibility index (Phi) is 4.10. The van der Waals surface area contributed by atoms with Crippen molar-refractivity contribution in [3.05, 3.63) is 18.0 Å². The van der Waals surface area contributed by atoms with Crippen LogP contribution in [0.25, 0.3) is 0 Å². The van der Waals surface area contributed by atoms with E-state index in [1.165, 1.54) is 0 Å². The molecular weight excluding hydrogens is 180 g/mol. The summed E-state index contributed by atoms with van der Waals surface area (Å²) in [5.74, 6) is 0. The van der Waals surface area contributed by atoms with Crippen molar-refractivity contribution in [3.8, 4) is 0 Å². The molecule has 1 heterocycles. The van der Waals surface area contributed by atoms with Gasteiger partial charge in [-0.2, -0.15) is 5.10 Å². The van der Waals surface area contributed by atoms with Gasteiger partial charge in [0.25, 0.3) is 0 Å². The lowest BCUT2D eigenvalue weighted by atomic mass is 10.1. The summed E-state index contributed by atoms with van der Waals surface area (Å²) >= 11 is 0. The van der Waals surface area contributed by atoms with Gasteiger partial charge in [0, 0.05) is 19.3 Å². The van der Waals surface area contributed by atoms with Crippen molar-refractivity contribution in [1.82, 2.24) is 9.78 Å². The molecule has 1 aromatic heterocycles. The molecule has 2 unspecified atom stereocenters. The van der Waals surface area contributed by atoms with Crippen molar-refractivity contribution in [3.63, 3.8) is 0 Å². The maximum atomic E-state index is 9.94. The van der Waals surface area contributed by atoms with Crippen LogP contribution in [0.3, 0.4) is 0 Å². The van der Waals surface area contributed by atoms with Gasteiger partial charge in [-0.1, -0.05) is 0 Å². The van der Waals surface area contributed by atoms with Crippen LogP contribution >= 0.6 is 0 Å². The Morgan fingerprint density at radius 1 is 1.57 bits per heavy atom. The molecule has 4 heteroatoms. The number of nitrogens with zero attached hydrogens (tertiary/aromatic N) is 2. The zero-order chi connectivity index (χ0) is 10.6. The Hall–Kier alpha value is -0.870. The number of aromatic nitrogens is 2. The molecule has 0 fully saturated rings.